The average molecular weight is 525 g/mol. The molecule has 198 valence electrons. The van der Waals surface area contributed by atoms with Crippen molar-refractivity contribution in [3.8, 4) is 0 Å². The minimum absolute atomic E-state index is 0.0118. The Balaban J connectivity index is 1.74. The molecule has 1 amide bonds. The van der Waals surface area contributed by atoms with Crippen molar-refractivity contribution >= 4 is 5.91 Å². The Morgan fingerprint density at radius 2 is 1.65 bits per heavy atom. The SMILES string of the molecule is CNC(=O)[C@@H](c1ccccc1)N1CCn2c(C(F)(F)F)nc(C)c2[C@@H]1CCc1ccc(C(F)(F)F)cc1. The number of aryl methyl sites for hydroxylation is 2. The lowest BCUT2D eigenvalue weighted by atomic mass is 9.94. The number of rotatable bonds is 6. The molecular formula is C26H26F6N4O. The van der Waals surface area contributed by atoms with Gasteiger partial charge in [-0.05, 0) is 43.0 Å². The van der Waals surface area contributed by atoms with Crippen LogP contribution in [0.15, 0.2) is 54.6 Å². The zero-order chi connectivity index (χ0) is 27.0. The molecule has 2 heterocycles. The van der Waals surface area contributed by atoms with Gasteiger partial charge in [0.1, 0.15) is 6.04 Å². The summed E-state index contributed by atoms with van der Waals surface area (Å²) in [4.78, 5) is 18.8. The molecule has 2 atom stereocenters. The number of nitrogens with one attached hydrogen (secondary N) is 1. The molecule has 4 rings (SSSR count). The highest BCUT2D eigenvalue weighted by atomic mass is 19.4. The lowest BCUT2D eigenvalue weighted by Crippen LogP contribution is -2.46. The van der Waals surface area contributed by atoms with E-state index < -0.39 is 35.8 Å². The molecule has 1 aliphatic heterocycles. The Kier molecular flexibility index (Phi) is 7.36. The van der Waals surface area contributed by atoms with Crippen LogP contribution in [0.4, 0.5) is 26.3 Å². The number of halogens is 6. The van der Waals surface area contributed by atoms with Gasteiger partial charge in [-0.25, -0.2) is 4.98 Å². The minimum atomic E-state index is -4.65. The van der Waals surface area contributed by atoms with E-state index in [0.717, 1.165) is 16.7 Å². The molecule has 11 heteroatoms. The van der Waals surface area contributed by atoms with Gasteiger partial charge in [0.15, 0.2) is 0 Å². The van der Waals surface area contributed by atoms with Crippen LogP contribution in [0.25, 0.3) is 0 Å². The topological polar surface area (TPSA) is 50.2 Å². The second-order valence-corrected chi connectivity index (χ2v) is 8.97. The molecule has 1 aliphatic rings. The number of benzene rings is 2. The predicted molar refractivity (Wildman–Crippen MR) is 124 cm³/mol. The molecule has 0 aliphatic carbocycles. The number of fused-ring (bicyclic) bond motifs is 1. The Hall–Kier alpha value is -3.34. The van der Waals surface area contributed by atoms with Crippen LogP contribution in [-0.2, 0) is 30.1 Å². The van der Waals surface area contributed by atoms with Gasteiger partial charge in [0.25, 0.3) is 0 Å². The molecule has 1 aromatic heterocycles. The van der Waals surface area contributed by atoms with Gasteiger partial charge in [-0.2, -0.15) is 26.3 Å². The van der Waals surface area contributed by atoms with E-state index in [1.54, 1.807) is 30.3 Å². The number of hydrogen-bond acceptors (Lipinski definition) is 3. The van der Waals surface area contributed by atoms with Gasteiger partial charge in [-0.1, -0.05) is 42.5 Å². The van der Waals surface area contributed by atoms with Crippen molar-refractivity contribution in [1.82, 2.24) is 19.8 Å². The number of carbonyl (C=O) groups is 1. The first kappa shape index (κ1) is 26.7. The number of amides is 1. The fourth-order valence-corrected chi connectivity index (χ4v) is 5.02. The van der Waals surface area contributed by atoms with E-state index >= 15 is 0 Å². The van der Waals surface area contributed by atoms with Gasteiger partial charge >= 0.3 is 12.4 Å². The highest BCUT2D eigenvalue weighted by Gasteiger charge is 2.44. The first-order chi connectivity index (χ1) is 17.4. The number of hydrogen-bond donors (Lipinski definition) is 1. The van der Waals surface area contributed by atoms with E-state index in [2.05, 4.69) is 10.3 Å². The summed E-state index contributed by atoms with van der Waals surface area (Å²) in [5.41, 5.74) is 1.08. The van der Waals surface area contributed by atoms with Gasteiger partial charge in [0.05, 0.1) is 23.0 Å². The van der Waals surface area contributed by atoms with Crippen molar-refractivity contribution < 1.29 is 31.1 Å². The van der Waals surface area contributed by atoms with Crippen LogP contribution in [0.3, 0.4) is 0 Å². The van der Waals surface area contributed by atoms with Crippen LogP contribution in [0.1, 0.15) is 52.4 Å². The number of imidazole rings is 1. The van der Waals surface area contributed by atoms with Gasteiger partial charge in [0.2, 0.25) is 11.7 Å². The Morgan fingerprint density at radius 1 is 1.00 bits per heavy atom. The smallest absolute Gasteiger partial charge is 0.358 e. The zero-order valence-electron chi connectivity index (χ0n) is 20.2. The molecule has 37 heavy (non-hydrogen) atoms. The predicted octanol–water partition coefficient (Wildman–Crippen LogP) is 5.71. The molecule has 0 spiro atoms. The van der Waals surface area contributed by atoms with E-state index in [1.165, 1.54) is 26.1 Å². The molecule has 0 bridgehead atoms. The van der Waals surface area contributed by atoms with Gasteiger partial charge < -0.3 is 9.88 Å². The largest absolute Gasteiger partial charge is 0.449 e. The summed E-state index contributed by atoms with van der Waals surface area (Å²) in [5.74, 6) is -1.30. The molecule has 0 radical (unpaired) electrons. The van der Waals surface area contributed by atoms with Crippen LogP contribution in [0.2, 0.25) is 0 Å². The van der Waals surface area contributed by atoms with E-state index in [1.807, 2.05) is 4.90 Å². The summed E-state index contributed by atoms with van der Waals surface area (Å²) in [6.45, 7) is 1.64. The number of alkyl halides is 6. The van der Waals surface area contributed by atoms with Crippen molar-refractivity contribution in [3.05, 3.63) is 88.5 Å². The first-order valence-corrected chi connectivity index (χ1v) is 11.7. The number of nitrogens with zero attached hydrogens (tertiary/aromatic N) is 3. The fraction of sp³-hybridized carbons (Fsp3) is 0.385. The third-order valence-corrected chi connectivity index (χ3v) is 6.67. The Morgan fingerprint density at radius 3 is 2.22 bits per heavy atom. The first-order valence-electron chi connectivity index (χ1n) is 11.7. The highest BCUT2D eigenvalue weighted by molar-refractivity contribution is 5.83. The van der Waals surface area contributed by atoms with Crippen molar-refractivity contribution in [2.45, 2.75) is 50.7 Å². The fourth-order valence-electron chi connectivity index (χ4n) is 5.02. The summed E-state index contributed by atoms with van der Waals surface area (Å²) >= 11 is 0. The lowest BCUT2D eigenvalue weighted by molar-refractivity contribution is -0.148. The van der Waals surface area contributed by atoms with Crippen molar-refractivity contribution in [3.63, 3.8) is 0 Å². The minimum Gasteiger partial charge on any atom is -0.358 e. The van der Waals surface area contributed by atoms with Crippen LogP contribution < -0.4 is 5.32 Å². The maximum atomic E-state index is 13.8. The summed E-state index contributed by atoms with van der Waals surface area (Å²) < 4.78 is 81.3. The van der Waals surface area contributed by atoms with Gasteiger partial charge in [-0.15, -0.1) is 0 Å². The summed E-state index contributed by atoms with van der Waals surface area (Å²) in [7, 11) is 1.50. The number of carbonyl (C=O) groups excluding carboxylic acids is 1. The number of likely N-dealkylation sites (N-methyl/N-ethyl adjacent to an activating group) is 1. The van der Waals surface area contributed by atoms with Crippen LogP contribution in [-0.4, -0.2) is 34.0 Å². The van der Waals surface area contributed by atoms with Gasteiger partial charge in [0, 0.05) is 20.1 Å². The third kappa shape index (κ3) is 5.51. The second kappa shape index (κ2) is 10.2. The standard InChI is InChI=1S/C26H26F6N4O/c1-16-21-20(13-10-17-8-11-19(12-9-17)25(27,28)29)35(14-15-36(21)24(34-16)26(30,31)32)22(23(37)33-2)18-6-4-3-5-7-18/h3-9,11-12,20,22H,10,13-15H2,1-2H3,(H,33,37)/t20-,22+/m0/s1. The number of aromatic nitrogens is 2. The van der Waals surface area contributed by atoms with Crippen molar-refractivity contribution in [1.29, 1.82) is 0 Å². The quantitative estimate of drug-likeness (QED) is 0.421. The van der Waals surface area contributed by atoms with E-state index in [0.29, 0.717) is 23.2 Å². The van der Waals surface area contributed by atoms with E-state index in [9.17, 15) is 31.1 Å². The zero-order valence-corrected chi connectivity index (χ0v) is 20.2. The molecule has 3 aromatic rings. The third-order valence-electron chi connectivity index (χ3n) is 6.67. The average Bonchev–Trinajstić information content (AvgIpc) is 3.21. The van der Waals surface area contributed by atoms with Gasteiger partial charge in [-0.3, -0.25) is 9.69 Å². The molecule has 1 N–H and O–H groups in total. The van der Waals surface area contributed by atoms with E-state index in [-0.39, 0.29) is 31.1 Å². The molecule has 2 aromatic carbocycles. The summed E-state index contributed by atoms with van der Waals surface area (Å²) in [5, 5.41) is 2.65. The molecule has 0 saturated carbocycles. The maximum Gasteiger partial charge on any atom is 0.449 e. The maximum absolute atomic E-state index is 13.8. The highest BCUT2D eigenvalue weighted by Crippen LogP contribution is 2.41. The van der Waals surface area contributed by atoms with Crippen LogP contribution in [0.5, 0.6) is 0 Å². The second-order valence-electron chi connectivity index (χ2n) is 8.97. The van der Waals surface area contributed by atoms with E-state index in [4.69, 9.17) is 0 Å². The molecule has 0 saturated heterocycles. The summed E-state index contributed by atoms with van der Waals surface area (Å²) in [6, 6.07) is 12.2. The van der Waals surface area contributed by atoms with Crippen LogP contribution in [0, 0.1) is 6.92 Å². The van der Waals surface area contributed by atoms with Crippen molar-refractivity contribution in [2.24, 2.45) is 0 Å². The Labute approximate surface area is 210 Å². The normalized spacial score (nSPS) is 17.4. The molecule has 0 fully saturated rings. The lowest BCUT2D eigenvalue weighted by Gasteiger charge is -2.42. The van der Waals surface area contributed by atoms with Crippen molar-refractivity contribution in [2.75, 3.05) is 13.6 Å². The Bertz CT molecular complexity index is 1230. The molecule has 0 unspecified atom stereocenters. The monoisotopic (exact) mass is 524 g/mol. The summed E-state index contributed by atoms with van der Waals surface area (Å²) in [6.07, 6.45) is -8.55. The molecule has 5 nitrogen and oxygen atoms in total. The van der Waals surface area contributed by atoms with Crippen LogP contribution >= 0.6 is 0 Å². The molecular weight excluding hydrogens is 498 g/mol.